The maximum atomic E-state index is 14.4. The lowest BCUT2D eigenvalue weighted by Crippen LogP contribution is -2.60. The Hall–Kier alpha value is -3.72. The van der Waals surface area contributed by atoms with Gasteiger partial charge in [0.25, 0.3) is 23.6 Å². The van der Waals surface area contributed by atoms with E-state index in [0.717, 1.165) is 28.1 Å². The highest BCUT2D eigenvalue weighted by Gasteiger charge is 2.77. The fraction of sp³-hybridized carbons (Fsp3) is 0.303. The van der Waals surface area contributed by atoms with E-state index in [1.165, 1.54) is 37.4 Å². The van der Waals surface area contributed by atoms with Crippen LogP contribution >= 0.6 is 50.7 Å². The van der Waals surface area contributed by atoms with Gasteiger partial charge in [-0.2, -0.15) is 18.2 Å². The van der Waals surface area contributed by atoms with Crippen molar-refractivity contribution in [3.05, 3.63) is 92.8 Å². The number of carbonyl (C=O) groups is 4. The maximum Gasteiger partial charge on any atom is 0.433 e. The maximum absolute atomic E-state index is 14.4. The number of hydrazine groups is 1. The number of aromatic nitrogens is 1. The number of carbonyl (C=O) groups excluding carboxylic acids is 4. The van der Waals surface area contributed by atoms with E-state index in [9.17, 15) is 41.8 Å². The van der Waals surface area contributed by atoms with Crippen LogP contribution in [-0.4, -0.2) is 55.5 Å². The predicted molar refractivity (Wildman–Crippen MR) is 177 cm³/mol. The fourth-order valence-corrected chi connectivity index (χ4v) is 9.22. The summed E-state index contributed by atoms with van der Waals surface area (Å²) in [6.45, 7) is 0. The fourth-order valence-electron chi connectivity index (χ4n) is 7.69. The molecule has 260 valence electrons. The summed E-state index contributed by atoms with van der Waals surface area (Å²) in [6.07, 6.45) is -3.71. The van der Waals surface area contributed by atoms with Crippen LogP contribution in [-0.2, 0) is 25.4 Å². The molecule has 1 saturated carbocycles. The molecule has 1 N–H and O–H groups in total. The smallest absolute Gasteiger partial charge is 0.433 e. The number of hydrogen-bond acceptors (Lipinski definition) is 7. The minimum Gasteiger partial charge on any atom is -0.508 e. The highest BCUT2D eigenvalue weighted by atomic mass is 79.9. The van der Waals surface area contributed by atoms with Crippen molar-refractivity contribution in [3.63, 3.8) is 0 Å². The molecule has 17 heteroatoms. The minimum absolute atomic E-state index is 0.0201. The van der Waals surface area contributed by atoms with Crippen LogP contribution in [0.15, 0.2) is 70.7 Å². The Bertz CT molecular complexity index is 2050. The van der Waals surface area contributed by atoms with Crippen molar-refractivity contribution < 1.29 is 41.8 Å². The molecule has 0 bridgehead atoms. The Morgan fingerprint density at radius 1 is 0.980 bits per heavy atom. The summed E-state index contributed by atoms with van der Waals surface area (Å²) in [7, 11) is 1.17. The Balaban J connectivity index is 1.36. The van der Waals surface area contributed by atoms with E-state index < -0.39 is 87.0 Å². The van der Waals surface area contributed by atoms with Crippen LogP contribution in [0.3, 0.4) is 0 Å². The average Bonchev–Trinajstić information content (AvgIpc) is 3.40. The first kappa shape index (κ1) is 34.7. The highest BCUT2D eigenvalue weighted by molar-refractivity contribution is 9.10. The van der Waals surface area contributed by atoms with E-state index in [1.54, 1.807) is 6.08 Å². The number of halogens is 8. The molecule has 6 unspecified atom stereocenters. The minimum atomic E-state index is -4.85. The van der Waals surface area contributed by atoms with Gasteiger partial charge in [0.05, 0.1) is 22.5 Å². The molecule has 6 atom stereocenters. The number of allylic oxidation sites excluding steroid dienone is 2. The molecule has 4 amide bonds. The Labute approximate surface area is 304 Å². The van der Waals surface area contributed by atoms with Crippen LogP contribution in [0, 0.1) is 23.6 Å². The quantitative estimate of drug-likeness (QED) is 0.131. The predicted octanol–water partition coefficient (Wildman–Crippen LogP) is 6.98. The van der Waals surface area contributed by atoms with Gasteiger partial charge in [0.2, 0.25) is 0 Å². The van der Waals surface area contributed by atoms with Crippen molar-refractivity contribution in [3.8, 4) is 5.75 Å². The van der Waals surface area contributed by atoms with Gasteiger partial charge in [-0.1, -0.05) is 39.2 Å². The molecular formula is C33H22BrCl3F4N4O5. The summed E-state index contributed by atoms with van der Waals surface area (Å²) < 4.78 is 55.0. The molecule has 4 aliphatic rings. The molecule has 1 aromatic heterocycles. The standard InChI is InChI=1S/C33H22BrCl3F4N4O5/c1-43(26-21(35)9-11-23(42-26)33(39,40)41)45-27(47)18-8-7-17-20(24(18)28(45)48)13-31(36)29(49)44(16-5-3-15(38)4-6-16)30(50)32(31,37)25(17)19-12-14(34)2-10-22(19)46/h2-7,9-12,18,20,24-25,46H,8,13H2,1H3. The van der Waals surface area contributed by atoms with E-state index >= 15 is 0 Å². The normalized spacial score (nSPS) is 29.2. The molecule has 3 fully saturated rings. The molecule has 2 aliphatic carbocycles. The molecule has 0 radical (unpaired) electrons. The molecule has 7 rings (SSSR count). The van der Waals surface area contributed by atoms with E-state index in [0.29, 0.717) is 21.1 Å². The van der Waals surface area contributed by atoms with Crippen molar-refractivity contribution >= 4 is 85.9 Å². The third-order valence-corrected chi connectivity index (χ3v) is 12.1. The van der Waals surface area contributed by atoms with Crippen LogP contribution in [0.25, 0.3) is 0 Å². The number of hydrogen-bond donors (Lipinski definition) is 1. The number of imide groups is 2. The lowest BCUT2D eigenvalue weighted by atomic mass is 9.56. The van der Waals surface area contributed by atoms with Gasteiger partial charge in [-0.25, -0.2) is 14.3 Å². The molecule has 3 heterocycles. The van der Waals surface area contributed by atoms with Crippen molar-refractivity contribution in [2.24, 2.45) is 17.8 Å². The molecule has 2 aliphatic heterocycles. The first-order valence-corrected chi connectivity index (χ1v) is 16.9. The zero-order valence-electron chi connectivity index (χ0n) is 25.4. The zero-order valence-corrected chi connectivity index (χ0v) is 29.2. The third kappa shape index (κ3) is 4.81. The van der Waals surface area contributed by atoms with Crippen LogP contribution in [0.1, 0.15) is 30.0 Å². The van der Waals surface area contributed by atoms with Gasteiger partial charge in [-0.3, -0.25) is 24.2 Å². The van der Waals surface area contributed by atoms with Gasteiger partial charge in [0, 0.05) is 23.0 Å². The molecule has 9 nitrogen and oxygen atoms in total. The number of rotatable bonds is 4. The number of phenols is 1. The van der Waals surface area contributed by atoms with Crippen molar-refractivity contribution in [1.82, 2.24) is 9.99 Å². The summed E-state index contributed by atoms with van der Waals surface area (Å²) in [5.74, 6) is -9.56. The zero-order chi connectivity index (χ0) is 36.2. The summed E-state index contributed by atoms with van der Waals surface area (Å²) in [4.78, 5) is 56.8. The number of anilines is 2. The first-order valence-electron chi connectivity index (χ1n) is 15.0. The van der Waals surface area contributed by atoms with E-state index in [1.807, 2.05) is 0 Å². The molecule has 0 spiro atoms. The van der Waals surface area contributed by atoms with E-state index in [-0.39, 0.29) is 28.4 Å². The lowest BCUT2D eigenvalue weighted by molar-refractivity contribution is -0.141. The monoisotopic (exact) mass is 814 g/mol. The van der Waals surface area contributed by atoms with Crippen LogP contribution in [0.2, 0.25) is 5.02 Å². The Morgan fingerprint density at radius 2 is 1.66 bits per heavy atom. The molecule has 3 aromatic rings. The van der Waals surface area contributed by atoms with E-state index in [4.69, 9.17) is 34.8 Å². The van der Waals surface area contributed by atoms with Crippen LogP contribution in [0.4, 0.5) is 29.1 Å². The summed E-state index contributed by atoms with van der Waals surface area (Å²) in [5, 5.41) is 12.4. The highest BCUT2D eigenvalue weighted by Crippen LogP contribution is 2.66. The van der Waals surface area contributed by atoms with Gasteiger partial charge in [-0.15, -0.1) is 23.2 Å². The number of phenolic OH excluding ortho intramolecular Hbond substituents is 1. The van der Waals surface area contributed by atoms with Crippen LogP contribution in [0.5, 0.6) is 5.75 Å². The summed E-state index contributed by atoms with van der Waals surface area (Å²) in [5.41, 5.74) is -0.866. The van der Waals surface area contributed by atoms with Crippen LogP contribution < -0.4 is 9.91 Å². The first-order chi connectivity index (χ1) is 23.4. The lowest BCUT2D eigenvalue weighted by Gasteiger charge is -2.50. The number of aromatic hydroxyl groups is 1. The molecular weight excluding hydrogens is 795 g/mol. The Morgan fingerprint density at radius 3 is 2.32 bits per heavy atom. The average molecular weight is 817 g/mol. The van der Waals surface area contributed by atoms with Crippen molar-refractivity contribution in [1.29, 1.82) is 0 Å². The number of amides is 4. The summed E-state index contributed by atoms with van der Waals surface area (Å²) in [6, 6.07) is 10.5. The van der Waals surface area contributed by atoms with Gasteiger partial charge < -0.3 is 5.11 Å². The number of benzene rings is 2. The second-order valence-corrected chi connectivity index (χ2v) is 15.0. The number of pyridine rings is 1. The largest absolute Gasteiger partial charge is 0.508 e. The molecule has 2 aromatic carbocycles. The van der Waals surface area contributed by atoms with Gasteiger partial charge in [-0.05, 0) is 73.4 Å². The summed E-state index contributed by atoms with van der Waals surface area (Å²) >= 11 is 24.2. The van der Waals surface area contributed by atoms with Gasteiger partial charge in [0.15, 0.2) is 15.6 Å². The van der Waals surface area contributed by atoms with Gasteiger partial charge in [0.1, 0.15) is 17.3 Å². The van der Waals surface area contributed by atoms with Crippen molar-refractivity contribution in [2.75, 3.05) is 17.0 Å². The Kier molecular flexibility index (Phi) is 8.09. The van der Waals surface area contributed by atoms with Gasteiger partial charge >= 0.3 is 6.18 Å². The van der Waals surface area contributed by atoms with E-state index in [2.05, 4.69) is 20.9 Å². The second-order valence-electron chi connectivity index (χ2n) is 12.5. The number of nitrogens with zero attached hydrogens (tertiary/aromatic N) is 4. The SMILES string of the molecule is CN(c1nc(C(F)(F)F)ccc1Cl)N1C(=O)C2CC=C3C(CC4(Cl)C(=O)N(c5ccc(F)cc5)C(=O)C4(Cl)C3c3cc(Br)ccc3O)C2C1=O. The molecule has 50 heavy (non-hydrogen) atoms. The second kappa shape index (κ2) is 11.7. The topological polar surface area (TPSA) is 111 Å². The molecule has 2 saturated heterocycles. The van der Waals surface area contributed by atoms with Crippen molar-refractivity contribution in [2.45, 2.75) is 34.7 Å². The number of fused-ring (bicyclic) bond motifs is 4. The number of alkyl halides is 5. The third-order valence-electron chi connectivity index (χ3n) is 9.90.